The smallest absolute Gasteiger partial charge is 0.253 e. The van der Waals surface area contributed by atoms with Crippen molar-refractivity contribution in [3.63, 3.8) is 0 Å². The van der Waals surface area contributed by atoms with E-state index < -0.39 is 6.10 Å². The number of aromatic nitrogens is 2. The van der Waals surface area contributed by atoms with Crippen LogP contribution in [0.4, 0.5) is 0 Å². The van der Waals surface area contributed by atoms with Crippen LogP contribution in [0, 0.1) is 0 Å². The number of carbonyl (C=O) groups is 1. The topological polar surface area (TPSA) is 67.3 Å². The molecule has 6 nitrogen and oxygen atoms in total. The van der Waals surface area contributed by atoms with Gasteiger partial charge in [0.05, 0.1) is 18.8 Å². The first-order valence-electron chi connectivity index (χ1n) is 6.47. The molecule has 0 aromatic carbocycles. The summed E-state index contributed by atoms with van der Waals surface area (Å²) < 4.78 is 5.49. The molecule has 1 aromatic heterocycles. The average Bonchev–Trinajstić information content (AvgIpc) is 2.47. The number of nitrogens with zero attached hydrogens (tertiary/aromatic N) is 3. The minimum atomic E-state index is -0.419. The van der Waals surface area contributed by atoms with Gasteiger partial charge in [0.2, 0.25) is 5.28 Å². The number of rotatable bonds is 1. The van der Waals surface area contributed by atoms with Gasteiger partial charge in [-0.1, -0.05) is 11.6 Å². The van der Waals surface area contributed by atoms with Crippen LogP contribution in [-0.4, -0.2) is 53.1 Å². The van der Waals surface area contributed by atoms with Crippen LogP contribution in [-0.2, 0) is 22.5 Å². The summed E-state index contributed by atoms with van der Waals surface area (Å²) >= 11 is 11.9. The lowest BCUT2D eigenvalue weighted by Crippen LogP contribution is -2.50. The van der Waals surface area contributed by atoms with E-state index in [0.29, 0.717) is 37.8 Å². The van der Waals surface area contributed by atoms with E-state index in [1.807, 2.05) is 0 Å². The molecule has 0 bridgehead atoms. The number of amides is 1. The monoisotopic (exact) mass is 316 g/mol. The number of carbonyl (C=O) groups excluding carboxylic acids is 1. The molecule has 0 saturated carbocycles. The summed E-state index contributed by atoms with van der Waals surface area (Å²) in [6.07, 6.45) is 0.209. The lowest BCUT2D eigenvalue weighted by atomic mass is 10.1. The Morgan fingerprint density at radius 1 is 1.40 bits per heavy atom. The Bertz CT molecular complexity index is 534. The van der Waals surface area contributed by atoms with Crippen LogP contribution in [0.25, 0.3) is 0 Å². The molecule has 1 amide bonds. The third kappa shape index (κ3) is 2.74. The lowest BCUT2D eigenvalue weighted by Gasteiger charge is -2.32. The van der Waals surface area contributed by atoms with E-state index in [1.54, 1.807) is 4.90 Å². The van der Waals surface area contributed by atoms with Gasteiger partial charge in [0, 0.05) is 31.6 Å². The number of hydrogen-bond acceptors (Lipinski definition) is 5. The van der Waals surface area contributed by atoms with Crippen molar-refractivity contribution < 1.29 is 9.53 Å². The van der Waals surface area contributed by atoms with Crippen molar-refractivity contribution in [2.45, 2.75) is 19.1 Å². The fourth-order valence-corrected chi connectivity index (χ4v) is 2.94. The van der Waals surface area contributed by atoms with E-state index in [9.17, 15) is 4.79 Å². The second-order valence-electron chi connectivity index (χ2n) is 4.78. The van der Waals surface area contributed by atoms with E-state index in [4.69, 9.17) is 27.9 Å². The van der Waals surface area contributed by atoms with Gasteiger partial charge >= 0.3 is 0 Å². The maximum absolute atomic E-state index is 12.4. The van der Waals surface area contributed by atoms with E-state index >= 15 is 0 Å². The van der Waals surface area contributed by atoms with E-state index in [2.05, 4.69) is 15.3 Å². The van der Waals surface area contributed by atoms with Crippen molar-refractivity contribution >= 4 is 29.1 Å². The summed E-state index contributed by atoms with van der Waals surface area (Å²) in [6, 6.07) is 0. The zero-order valence-corrected chi connectivity index (χ0v) is 12.2. The Morgan fingerprint density at radius 3 is 3.00 bits per heavy atom. The molecule has 0 radical (unpaired) electrons. The Kier molecular flexibility index (Phi) is 4.07. The first-order valence-corrected chi connectivity index (χ1v) is 7.22. The number of halogens is 2. The van der Waals surface area contributed by atoms with Crippen LogP contribution in [0.2, 0.25) is 10.4 Å². The van der Waals surface area contributed by atoms with Crippen molar-refractivity contribution in [1.29, 1.82) is 0 Å². The van der Waals surface area contributed by atoms with Gasteiger partial charge in [-0.25, -0.2) is 9.97 Å². The Morgan fingerprint density at radius 2 is 2.25 bits per heavy atom. The zero-order valence-electron chi connectivity index (χ0n) is 10.7. The van der Waals surface area contributed by atoms with Crippen molar-refractivity contribution in [1.82, 2.24) is 20.2 Å². The molecule has 1 unspecified atom stereocenters. The van der Waals surface area contributed by atoms with Gasteiger partial charge in [-0.15, -0.1) is 0 Å². The predicted molar refractivity (Wildman–Crippen MR) is 73.8 cm³/mol. The SMILES string of the molecule is O=C(C1CNCCO1)N1CCc2nc(Cl)nc(Cl)c2C1. The minimum Gasteiger partial charge on any atom is -0.366 e. The first kappa shape index (κ1) is 14.0. The van der Waals surface area contributed by atoms with Crippen LogP contribution in [0.5, 0.6) is 0 Å². The Hall–Kier alpha value is -0.950. The molecular weight excluding hydrogens is 303 g/mol. The highest BCUT2D eigenvalue weighted by Gasteiger charge is 2.30. The number of hydrogen-bond donors (Lipinski definition) is 1. The summed E-state index contributed by atoms with van der Waals surface area (Å²) in [5.74, 6) is -0.0196. The maximum Gasteiger partial charge on any atom is 0.253 e. The van der Waals surface area contributed by atoms with Gasteiger partial charge in [0.1, 0.15) is 11.3 Å². The van der Waals surface area contributed by atoms with Gasteiger partial charge in [-0.3, -0.25) is 4.79 Å². The van der Waals surface area contributed by atoms with Crippen LogP contribution in [0.15, 0.2) is 0 Å². The van der Waals surface area contributed by atoms with Crippen LogP contribution < -0.4 is 5.32 Å². The number of morpholine rings is 1. The second kappa shape index (κ2) is 5.81. The summed E-state index contributed by atoms with van der Waals surface area (Å²) in [4.78, 5) is 22.2. The van der Waals surface area contributed by atoms with E-state index in [1.165, 1.54) is 0 Å². The molecule has 1 saturated heterocycles. The molecule has 20 heavy (non-hydrogen) atoms. The molecule has 2 aliphatic heterocycles. The van der Waals surface area contributed by atoms with Crippen molar-refractivity contribution in [2.75, 3.05) is 26.2 Å². The van der Waals surface area contributed by atoms with Crippen LogP contribution in [0.3, 0.4) is 0 Å². The van der Waals surface area contributed by atoms with Gasteiger partial charge in [-0.2, -0.15) is 0 Å². The molecule has 1 N–H and O–H groups in total. The third-order valence-corrected chi connectivity index (χ3v) is 3.98. The third-order valence-electron chi connectivity index (χ3n) is 3.50. The molecule has 8 heteroatoms. The molecule has 2 aliphatic rings. The highest BCUT2D eigenvalue weighted by Crippen LogP contribution is 2.25. The van der Waals surface area contributed by atoms with Crippen molar-refractivity contribution in [3.8, 4) is 0 Å². The first-order chi connectivity index (χ1) is 9.65. The molecule has 3 heterocycles. The van der Waals surface area contributed by atoms with Gasteiger partial charge < -0.3 is 15.0 Å². The standard InChI is InChI=1S/C12H14Cl2N4O2/c13-10-7-6-18(3-1-8(7)16-12(14)17-10)11(19)9-5-15-2-4-20-9/h9,15H,1-6H2. The van der Waals surface area contributed by atoms with Crippen LogP contribution in [0.1, 0.15) is 11.3 Å². The largest absolute Gasteiger partial charge is 0.366 e. The van der Waals surface area contributed by atoms with Crippen LogP contribution >= 0.6 is 23.2 Å². The molecule has 0 spiro atoms. The second-order valence-corrected chi connectivity index (χ2v) is 5.48. The molecule has 1 aromatic rings. The Labute approximate surface area is 126 Å². The predicted octanol–water partition coefficient (Wildman–Crippen LogP) is 0.656. The highest BCUT2D eigenvalue weighted by atomic mass is 35.5. The zero-order chi connectivity index (χ0) is 14.1. The molecule has 1 fully saturated rings. The minimum absolute atomic E-state index is 0.0196. The van der Waals surface area contributed by atoms with Gasteiger partial charge in [-0.05, 0) is 11.6 Å². The molecular formula is C12H14Cl2N4O2. The Balaban J connectivity index is 1.76. The molecule has 3 rings (SSSR count). The van der Waals surface area contributed by atoms with Crippen molar-refractivity contribution in [2.24, 2.45) is 0 Å². The number of ether oxygens (including phenoxy) is 1. The van der Waals surface area contributed by atoms with Crippen molar-refractivity contribution in [3.05, 3.63) is 21.7 Å². The highest BCUT2D eigenvalue weighted by molar-refractivity contribution is 6.32. The lowest BCUT2D eigenvalue weighted by molar-refractivity contribution is -0.146. The summed E-state index contributed by atoms with van der Waals surface area (Å²) in [5, 5.41) is 3.62. The fourth-order valence-electron chi connectivity index (χ4n) is 2.46. The number of nitrogens with one attached hydrogen (secondary N) is 1. The average molecular weight is 317 g/mol. The number of fused-ring (bicyclic) bond motifs is 1. The summed E-state index contributed by atoms with van der Waals surface area (Å²) in [6.45, 7) is 2.89. The van der Waals surface area contributed by atoms with E-state index in [0.717, 1.165) is 17.8 Å². The summed E-state index contributed by atoms with van der Waals surface area (Å²) in [7, 11) is 0. The summed E-state index contributed by atoms with van der Waals surface area (Å²) in [5.41, 5.74) is 1.60. The quantitative estimate of drug-likeness (QED) is 0.609. The van der Waals surface area contributed by atoms with Gasteiger partial charge in [0.15, 0.2) is 0 Å². The van der Waals surface area contributed by atoms with E-state index in [-0.39, 0.29) is 11.2 Å². The normalized spacial score (nSPS) is 22.5. The van der Waals surface area contributed by atoms with Gasteiger partial charge in [0.25, 0.3) is 5.91 Å². The molecule has 0 aliphatic carbocycles. The molecule has 108 valence electrons. The maximum atomic E-state index is 12.4. The molecule has 1 atom stereocenters. The fraction of sp³-hybridized carbons (Fsp3) is 0.583.